The average molecular weight is 340 g/mol. The molecule has 0 amide bonds. The third-order valence-corrected chi connectivity index (χ3v) is 5.74. The molecule has 2 unspecified atom stereocenters. The van der Waals surface area contributed by atoms with Crippen molar-refractivity contribution in [3.63, 3.8) is 0 Å². The van der Waals surface area contributed by atoms with Crippen LogP contribution in [0.25, 0.3) is 5.69 Å². The van der Waals surface area contributed by atoms with E-state index in [1.165, 1.54) is 24.9 Å². The highest BCUT2D eigenvalue weighted by Crippen LogP contribution is 2.58. The third kappa shape index (κ3) is 2.95. The normalized spacial score (nSPS) is 24.6. The fourth-order valence-corrected chi connectivity index (χ4v) is 4.24. The maximum Gasteiger partial charge on any atom is 0.0726 e. The van der Waals surface area contributed by atoms with E-state index >= 15 is 0 Å². The molecule has 0 radical (unpaired) electrons. The summed E-state index contributed by atoms with van der Waals surface area (Å²) in [5, 5.41) is 11.8. The topological polar surface area (TPSA) is 52.0 Å². The Labute approximate surface area is 149 Å². The molecular weight excluding hydrogens is 312 g/mol. The Hall–Kier alpha value is -1.88. The molecule has 0 saturated heterocycles. The predicted octanol–water partition coefficient (Wildman–Crippen LogP) is 4.11. The van der Waals surface area contributed by atoms with Gasteiger partial charge in [-0.15, -0.1) is 5.10 Å². The molecule has 5 nitrogen and oxygen atoms in total. The number of aryl methyl sites for hydroxylation is 1. The van der Waals surface area contributed by atoms with Gasteiger partial charge in [-0.3, -0.25) is 0 Å². The second kappa shape index (κ2) is 5.84. The zero-order valence-corrected chi connectivity index (χ0v) is 15.6. The summed E-state index contributed by atoms with van der Waals surface area (Å²) in [6, 6.07) is 8.99. The van der Waals surface area contributed by atoms with Crippen LogP contribution >= 0.6 is 0 Å². The lowest BCUT2D eigenvalue weighted by Crippen LogP contribution is -2.65. The Kier molecular flexibility index (Phi) is 3.87. The molecule has 2 aliphatic carbocycles. The van der Waals surface area contributed by atoms with Gasteiger partial charge in [-0.05, 0) is 71.2 Å². The molecule has 2 aliphatic rings. The summed E-state index contributed by atoms with van der Waals surface area (Å²) in [7, 11) is 0. The molecule has 0 bridgehead atoms. The van der Waals surface area contributed by atoms with Gasteiger partial charge in [-0.25, -0.2) is 4.68 Å². The van der Waals surface area contributed by atoms with E-state index in [1.54, 1.807) is 6.20 Å². The maximum atomic E-state index is 6.32. The van der Waals surface area contributed by atoms with Crippen molar-refractivity contribution in [2.24, 2.45) is 5.41 Å². The van der Waals surface area contributed by atoms with E-state index in [0.717, 1.165) is 17.8 Å². The number of anilines is 1. The summed E-state index contributed by atoms with van der Waals surface area (Å²) < 4.78 is 8.18. The van der Waals surface area contributed by atoms with Gasteiger partial charge >= 0.3 is 0 Å². The monoisotopic (exact) mass is 340 g/mol. The number of rotatable bonds is 4. The van der Waals surface area contributed by atoms with Crippen LogP contribution in [0, 0.1) is 12.3 Å². The minimum Gasteiger partial charge on any atom is -0.382 e. The van der Waals surface area contributed by atoms with Crippen molar-refractivity contribution < 1.29 is 4.74 Å². The van der Waals surface area contributed by atoms with Gasteiger partial charge in [-0.2, -0.15) is 0 Å². The zero-order chi connectivity index (χ0) is 17.7. The van der Waals surface area contributed by atoms with Crippen LogP contribution in [0.5, 0.6) is 0 Å². The van der Waals surface area contributed by atoms with Crippen LogP contribution in [0.4, 0.5) is 5.69 Å². The van der Waals surface area contributed by atoms with E-state index in [0.29, 0.717) is 17.6 Å². The minimum absolute atomic E-state index is 0.0600. The molecule has 5 heteroatoms. The smallest absolute Gasteiger partial charge is 0.0726 e. The van der Waals surface area contributed by atoms with Gasteiger partial charge in [0, 0.05) is 17.1 Å². The molecule has 1 aromatic heterocycles. The average Bonchev–Trinajstić information content (AvgIpc) is 2.90. The van der Waals surface area contributed by atoms with Gasteiger partial charge < -0.3 is 10.1 Å². The Morgan fingerprint density at radius 1 is 1.20 bits per heavy atom. The SMILES string of the molecule is Cc1cnnn1-c1ccc(NC2CC(OC(C)(C)C)C23CCC3)cc1. The van der Waals surface area contributed by atoms with Crippen LogP contribution < -0.4 is 5.32 Å². The van der Waals surface area contributed by atoms with E-state index in [9.17, 15) is 0 Å². The fourth-order valence-electron chi connectivity index (χ4n) is 4.24. The second-order valence-corrected chi connectivity index (χ2v) is 8.57. The van der Waals surface area contributed by atoms with Gasteiger partial charge in [-0.1, -0.05) is 11.6 Å². The summed E-state index contributed by atoms with van der Waals surface area (Å²) in [4.78, 5) is 0. The van der Waals surface area contributed by atoms with Crippen molar-refractivity contribution in [2.75, 3.05) is 5.32 Å². The summed E-state index contributed by atoms with van der Waals surface area (Å²) in [6.45, 7) is 8.48. The molecule has 2 atom stereocenters. The van der Waals surface area contributed by atoms with E-state index < -0.39 is 0 Å². The summed E-state index contributed by atoms with van der Waals surface area (Å²) >= 11 is 0. The number of benzene rings is 1. The lowest BCUT2D eigenvalue weighted by molar-refractivity contribution is -0.203. The van der Waals surface area contributed by atoms with Crippen molar-refractivity contribution in [1.82, 2.24) is 15.0 Å². The summed E-state index contributed by atoms with van der Waals surface area (Å²) in [6.07, 6.45) is 7.16. The fraction of sp³-hybridized carbons (Fsp3) is 0.600. The number of ether oxygens (including phenoxy) is 1. The van der Waals surface area contributed by atoms with Crippen LogP contribution in [0.1, 0.15) is 52.1 Å². The van der Waals surface area contributed by atoms with E-state index in [1.807, 2.05) is 11.6 Å². The predicted molar refractivity (Wildman–Crippen MR) is 99.0 cm³/mol. The highest BCUT2D eigenvalue weighted by Gasteiger charge is 2.59. The van der Waals surface area contributed by atoms with Gasteiger partial charge in [0.1, 0.15) is 0 Å². The summed E-state index contributed by atoms with van der Waals surface area (Å²) in [5.41, 5.74) is 3.54. The number of hydrogen-bond donors (Lipinski definition) is 1. The van der Waals surface area contributed by atoms with E-state index in [4.69, 9.17) is 4.74 Å². The lowest BCUT2D eigenvalue weighted by Gasteiger charge is -2.62. The van der Waals surface area contributed by atoms with Crippen LogP contribution in [0.2, 0.25) is 0 Å². The molecule has 2 saturated carbocycles. The molecule has 25 heavy (non-hydrogen) atoms. The lowest BCUT2D eigenvalue weighted by atomic mass is 9.51. The highest BCUT2D eigenvalue weighted by molar-refractivity contribution is 5.50. The van der Waals surface area contributed by atoms with Crippen LogP contribution in [-0.4, -0.2) is 32.7 Å². The Balaban J connectivity index is 1.44. The minimum atomic E-state index is -0.0600. The molecule has 1 heterocycles. The Morgan fingerprint density at radius 2 is 1.92 bits per heavy atom. The molecule has 134 valence electrons. The van der Waals surface area contributed by atoms with Crippen LogP contribution in [0.15, 0.2) is 30.5 Å². The molecule has 2 fully saturated rings. The number of hydrogen-bond acceptors (Lipinski definition) is 4. The zero-order valence-electron chi connectivity index (χ0n) is 15.6. The third-order valence-electron chi connectivity index (χ3n) is 5.74. The van der Waals surface area contributed by atoms with E-state index in [2.05, 4.69) is 60.7 Å². The first-order chi connectivity index (χ1) is 11.9. The quantitative estimate of drug-likeness (QED) is 0.910. The van der Waals surface area contributed by atoms with Gasteiger partial charge in [0.05, 0.1) is 29.3 Å². The molecule has 2 aromatic rings. The first kappa shape index (κ1) is 16.6. The molecule has 1 aromatic carbocycles. The Morgan fingerprint density at radius 3 is 2.44 bits per heavy atom. The summed E-state index contributed by atoms with van der Waals surface area (Å²) in [5.74, 6) is 0. The molecular formula is C20H28N4O. The van der Waals surface area contributed by atoms with Crippen molar-refractivity contribution in [2.45, 2.75) is 71.1 Å². The Bertz CT molecular complexity index is 740. The van der Waals surface area contributed by atoms with E-state index in [-0.39, 0.29) is 5.60 Å². The number of nitrogens with one attached hydrogen (secondary N) is 1. The second-order valence-electron chi connectivity index (χ2n) is 8.57. The highest BCUT2D eigenvalue weighted by atomic mass is 16.5. The number of aromatic nitrogens is 3. The van der Waals surface area contributed by atoms with Crippen LogP contribution in [-0.2, 0) is 4.74 Å². The maximum absolute atomic E-state index is 6.32. The van der Waals surface area contributed by atoms with Crippen LogP contribution in [0.3, 0.4) is 0 Å². The standard InChI is InChI=1S/C20H28N4O/c1-14-13-21-23-24(14)16-8-6-15(7-9-16)22-17-12-18(25-19(2,3)4)20(17)10-5-11-20/h6-9,13,17-18,22H,5,10-12H2,1-4H3. The first-order valence-electron chi connectivity index (χ1n) is 9.29. The molecule has 0 aliphatic heterocycles. The molecule has 1 N–H and O–H groups in total. The van der Waals surface area contributed by atoms with Crippen molar-refractivity contribution in [3.8, 4) is 5.69 Å². The first-order valence-corrected chi connectivity index (χ1v) is 9.29. The molecule has 4 rings (SSSR count). The van der Waals surface area contributed by atoms with Crippen molar-refractivity contribution in [1.29, 1.82) is 0 Å². The van der Waals surface area contributed by atoms with Gasteiger partial charge in [0.25, 0.3) is 0 Å². The van der Waals surface area contributed by atoms with Crippen molar-refractivity contribution in [3.05, 3.63) is 36.2 Å². The van der Waals surface area contributed by atoms with Gasteiger partial charge in [0.15, 0.2) is 0 Å². The van der Waals surface area contributed by atoms with Gasteiger partial charge in [0.2, 0.25) is 0 Å². The molecule has 1 spiro atoms. The largest absolute Gasteiger partial charge is 0.382 e. The number of nitrogens with zero attached hydrogens (tertiary/aromatic N) is 3. The van der Waals surface area contributed by atoms with Crippen molar-refractivity contribution >= 4 is 5.69 Å².